The van der Waals surface area contributed by atoms with Crippen molar-refractivity contribution in [2.24, 2.45) is 5.92 Å². The van der Waals surface area contributed by atoms with Crippen molar-refractivity contribution in [1.82, 2.24) is 0 Å². The smallest absolute Gasteiger partial charge is 0.118 e. The zero-order valence-electron chi connectivity index (χ0n) is 24.1. The third kappa shape index (κ3) is 5.85. The Hall–Kier alpha value is -5.01. The normalized spacial score (nSPS) is 14.6. The van der Waals surface area contributed by atoms with Gasteiger partial charge in [0.15, 0.2) is 0 Å². The summed E-state index contributed by atoms with van der Waals surface area (Å²) in [6.45, 7) is 0. The quantitative estimate of drug-likeness (QED) is 0.203. The van der Waals surface area contributed by atoms with Gasteiger partial charge in [-0.2, -0.15) is 0 Å². The standard InChI is InChI=1S/C40H31ClO2/c1-42-33-23-19-31(20-24-33)39-37(29-15-9-5-10-16-29)35(27-36(41)28-13-7-3-4-8-14-28)38(30-17-11-6-12-18-30)40(39)32-21-25-34(43-2)26-22-32/h3-26,28H,1-2H3. The monoisotopic (exact) mass is 578 g/mol. The highest BCUT2D eigenvalue weighted by atomic mass is 35.5. The van der Waals surface area contributed by atoms with E-state index >= 15 is 0 Å². The minimum Gasteiger partial charge on any atom is -0.497 e. The summed E-state index contributed by atoms with van der Waals surface area (Å²) in [5.41, 5.74) is 13.4. The maximum atomic E-state index is 7.16. The number of hydrogen-bond acceptors (Lipinski definition) is 2. The summed E-state index contributed by atoms with van der Waals surface area (Å²) in [4.78, 5) is 0. The lowest BCUT2D eigenvalue weighted by molar-refractivity contribution is 0.414. The highest BCUT2D eigenvalue weighted by Crippen LogP contribution is 2.54. The van der Waals surface area contributed by atoms with Crippen molar-refractivity contribution in [3.8, 4) is 11.5 Å². The Kier molecular flexibility index (Phi) is 8.42. The van der Waals surface area contributed by atoms with E-state index < -0.39 is 0 Å². The second-order valence-electron chi connectivity index (χ2n) is 10.2. The van der Waals surface area contributed by atoms with Crippen LogP contribution in [0.2, 0.25) is 0 Å². The average Bonchev–Trinajstić information content (AvgIpc) is 3.19. The number of allylic oxidation sites excluding steroid dienone is 11. The number of methoxy groups -OCH3 is 2. The lowest BCUT2D eigenvalue weighted by Crippen LogP contribution is -1.94. The van der Waals surface area contributed by atoms with Gasteiger partial charge in [-0.3, -0.25) is 0 Å². The molecule has 0 fully saturated rings. The van der Waals surface area contributed by atoms with E-state index in [0.717, 1.165) is 61.6 Å². The third-order valence-corrected chi connectivity index (χ3v) is 7.99. The van der Waals surface area contributed by atoms with Crippen LogP contribution in [-0.2, 0) is 0 Å². The molecular formula is C40H31ClO2. The minimum absolute atomic E-state index is 0.0901. The molecule has 0 aromatic heterocycles. The predicted molar refractivity (Wildman–Crippen MR) is 180 cm³/mol. The van der Waals surface area contributed by atoms with Gasteiger partial charge in [0.2, 0.25) is 0 Å². The lowest BCUT2D eigenvalue weighted by Gasteiger charge is -2.15. The molecule has 43 heavy (non-hydrogen) atoms. The van der Waals surface area contributed by atoms with Gasteiger partial charge in [0, 0.05) is 22.6 Å². The molecule has 2 aliphatic rings. The predicted octanol–water partition coefficient (Wildman–Crippen LogP) is 10.2. The first-order chi connectivity index (χ1) is 21.2. The first-order valence-electron chi connectivity index (χ1n) is 14.2. The summed E-state index contributed by atoms with van der Waals surface area (Å²) < 4.78 is 11.0. The number of halogens is 1. The first-order valence-corrected chi connectivity index (χ1v) is 14.6. The lowest BCUT2D eigenvalue weighted by atomic mass is 9.89. The SMILES string of the molecule is COc1ccc(C2=C(c3ccccc3)C(=C=C(Cl)C3C=CC=CC=C3)C(c3ccccc3)=C2c2ccc(OC)cc2)cc1. The maximum Gasteiger partial charge on any atom is 0.118 e. The van der Waals surface area contributed by atoms with Crippen molar-refractivity contribution < 1.29 is 9.47 Å². The van der Waals surface area contributed by atoms with Gasteiger partial charge < -0.3 is 9.47 Å². The molecule has 0 bridgehead atoms. The van der Waals surface area contributed by atoms with E-state index in [9.17, 15) is 0 Å². The molecule has 0 spiro atoms. The fourth-order valence-electron chi connectivity index (χ4n) is 5.56. The first kappa shape index (κ1) is 28.1. The summed E-state index contributed by atoms with van der Waals surface area (Å²) in [5, 5.41) is 0.623. The molecule has 0 atom stereocenters. The van der Waals surface area contributed by atoms with Crippen molar-refractivity contribution in [3.05, 3.63) is 184 Å². The zero-order chi connectivity index (χ0) is 29.6. The van der Waals surface area contributed by atoms with E-state index in [1.165, 1.54) is 0 Å². The van der Waals surface area contributed by atoms with Crippen LogP contribution in [0.5, 0.6) is 11.5 Å². The Morgan fingerprint density at radius 3 is 1.30 bits per heavy atom. The largest absolute Gasteiger partial charge is 0.497 e. The molecule has 3 heteroatoms. The van der Waals surface area contributed by atoms with Crippen LogP contribution >= 0.6 is 11.6 Å². The molecule has 0 amide bonds. The van der Waals surface area contributed by atoms with Crippen molar-refractivity contribution in [2.45, 2.75) is 0 Å². The summed E-state index contributed by atoms with van der Waals surface area (Å²) in [6.07, 6.45) is 12.3. The van der Waals surface area contributed by atoms with Crippen molar-refractivity contribution in [3.63, 3.8) is 0 Å². The van der Waals surface area contributed by atoms with E-state index in [1.54, 1.807) is 14.2 Å². The Morgan fingerprint density at radius 2 is 0.907 bits per heavy atom. The van der Waals surface area contributed by atoms with E-state index in [4.69, 9.17) is 21.1 Å². The van der Waals surface area contributed by atoms with E-state index in [2.05, 4.69) is 90.7 Å². The summed E-state index contributed by atoms with van der Waals surface area (Å²) in [7, 11) is 3.38. The van der Waals surface area contributed by atoms with Crippen LogP contribution in [-0.4, -0.2) is 14.2 Å². The highest BCUT2D eigenvalue weighted by Gasteiger charge is 2.33. The molecule has 4 aromatic rings. The van der Waals surface area contributed by atoms with Gasteiger partial charge in [-0.1, -0.05) is 139 Å². The summed E-state index contributed by atoms with van der Waals surface area (Å²) in [6, 6.07) is 37.6. The Morgan fingerprint density at radius 1 is 0.512 bits per heavy atom. The number of benzene rings is 4. The molecule has 6 rings (SSSR count). The molecule has 2 aliphatic carbocycles. The average molecular weight is 579 g/mol. The van der Waals surface area contributed by atoms with Crippen LogP contribution in [0.25, 0.3) is 22.3 Å². The molecule has 4 aromatic carbocycles. The molecule has 0 radical (unpaired) electrons. The van der Waals surface area contributed by atoms with Crippen LogP contribution in [0, 0.1) is 5.92 Å². The van der Waals surface area contributed by atoms with Crippen LogP contribution in [0.4, 0.5) is 0 Å². The van der Waals surface area contributed by atoms with Crippen LogP contribution in [0.3, 0.4) is 0 Å². The number of rotatable bonds is 7. The zero-order valence-corrected chi connectivity index (χ0v) is 24.9. The van der Waals surface area contributed by atoms with E-state index in [1.807, 2.05) is 60.7 Å². The van der Waals surface area contributed by atoms with Gasteiger partial charge in [0.05, 0.1) is 19.3 Å². The van der Waals surface area contributed by atoms with Crippen LogP contribution < -0.4 is 9.47 Å². The summed E-state index contributed by atoms with van der Waals surface area (Å²) >= 11 is 7.16. The van der Waals surface area contributed by atoms with Gasteiger partial charge >= 0.3 is 0 Å². The fourth-order valence-corrected chi connectivity index (χ4v) is 5.80. The molecule has 0 N–H and O–H groups in total. The van der Waals surface area contributed by atoms with Crippen LogP contribution in [0.15, 0.2) is 162 Å². The molecule has 2 nitrogen and oxygen atoms in total. The second kappa shape index (κ2) is 12.9. The second-order valence-corrected chi connectivity index (χ2v) is 10.6. The van der Waals surface area contributed by atoms with Gasteiger partial charge in [-0.25, -0.2) is 0 Å². The highest BCUT2D eigenvalue weighted by molar-refractivity contribution is 6.35. The Labute approximate surface area is 258 Å². The van der Waals surface area contributed by atoms with E-state index in [-0.39, 0.29) is 5.92 Å². The van der Waals surface area contributed by atoms with Crippen molar-refractivity contribution >= 4 is 33.9 Å². The number of hydrogen-bond donors (Lipinski definition) is 0. The van der Waals surface area contributed by atoms with E-state index in [0.29, 0.717) is 5.03 Å². The van der Waals surface area contributed by atoms with Crippen molar-refractivity contribution in [1.29, 1.82) is 0 Å². The Bertz CT molecular complexity index is 1700. The third-order valence-electron chi connectivity index (χ3n) is 7.64. The number of ether oxygens (including phenoxy) is 2. The maximum absolute atomic E-state index is 7.16. The van der Waals surface area contributed by atoms with Crippen molar-refractivity contribution in [2.75, 3.05) is 14.2 Å². The van der Waals surface area contributed by atoms with Crippen LogP contribution in [0.1, 0.15) is 22.3 Å². The topological polar surface area (TPSA) is 18.5 Å². The molecule has 210 valence electrons. The van der Waals surface area contributed by atoms with Gasteiger partial charge in [0.1, 0.15) is 11.5 Å². The molecule has 0 saturated carbocycles. The minimum atomic E-state index is -0.0901. The van der Waals surface area contributed by atoms with Gasteiger partial charge in [0.25, 0.3) is 0 Å². The molecule has 0 aliphatic heterocycles. The fraction of sp³-hybridized carbons (Fsp3) is 0.0750. The molecular weight excluding hydrogens is 548 g/mol. The van der Waals surface area contributed by atoms with Gasteiger partial charge in [-0.15, -0.1) is 0 Å². The molecule has 0 saturated heterocycles. The summed E-state index contributed by atoms with van der Waals surface area (Å²) in [5.74, 6) is 1.52. The molecule has 0 heterocycles. The Balaban J connectivity index is 1.76. The van der Waals surface area contributed by atoms with Gasteiger partial charge in [-0.05, 0) is 57.7 Å². The molecule has 0 unspecified atom stereocenters.